The summed E-state index contributed by atoms with van der Waals surface area (Å²) in [5.41, 5.74) is 4.98. The standard InChI is InChI=1S/C10H11ClF3NO/c1-5(15)7-3-6(10(12,13)14)4-8(11)9(7)16-2/h3-5H,15H2,1-2H3. The first-order chi connectivity index (χ1) is 7.27. The highest BCUT2D eigenvalue weighted by Crippen LogP contribution is 2.39. The predicted octanol–water partition coefficient (Wildman–Crippen LogP) is 3.39. The van der Waals surface area contributed by atoms with Gasteiger partial charge in [-0.1, -0.05) is 11.6 Å². The maximum Gasteiger partial charge on any atom is 0.416 e. The Morgan fingerprint density at radius 3 is 2.31 bits per heavy atom. The van der Waals surface area contributed by atoms with Crippen molar-refractivity contribution in [2.75, 3.05) is 7.11 Å². The Kier molecular flexibility index (Phi) is 3.70. The van der Waals surface area contributed by atoms with Crippen LogP contribution >= 0.6 is 11.6 Å². The van der Waals surface area contributed by atoms with Crippen LogP contribution in [0.2, 0.25) is 5.02 Å². The van der Waals surface area contributed by atoms with Crippen molar-refractivity contribution < 1.29 is 17.9 Å². The summed E-state index contributed by atoms with van der Waals surface area (Å²) in [5.74, 6) is 0.185. The minimum atomic E-state index is -4.44. The molecule has 0 bridgehead atoms. The van der Waals surface area contributed by atoms with Crippen LogP contribution in [0.15, 0.2) is 12.1 Å². The van der Waals surface area contributed by atoms with Gasteiger partial charge in [-0.3, -0.25) is 0 Å². The lowest BCUT2D eigenvalue weighted by atomic mass is 10.0. The molecule has 1 rings (SSSR count). The molecule has 0 saturated carbocycles. The fourth-order valence-corrected chi connectivity index (χ4v) is 1.64. The Bertz CT molecular complexity index is 390. The van der Waals surface area contributed by atoms with E-state index in [-0.39, 0.29) is 16.3 Å². The molecule has 6 heteroatoms. The van der Waals surface area contributed by atoms with Crippen LogP contribution in [0.3, 0.4) is 0 Å². The average Bonchev–Trinajstić information content (AvgIpc) is 2.14. The molecule has 1 unspecified atom stereocenters. The van der Waals surface area contributed by atoms with E-state index in [0.717, 1.165) is 12.1 Å². The Morgan fingerprint density at radius 1 is 1.38 bits per heavy atom. The van der Waals surface area contributed by atoms with Crippen LogP contribution in [-0.4, -0.2) is 7.11 Å². The van der Waals surface area contributed by atoms with E-state index in [1.54, 1.807) is 6.92 Å². The fourth-order valence-electron chi connectivity index (χ4n) is 1.33. The maximum absolute atomic E-state index is 12.5. The van der Waals surface area contributed by atoms with Gasteiger partial charge in [0.25, 0.3) is 0 Å². The van der Waals surface area contributed by atoms with Gasteiger partial charge in [-0.2, -0.15) is 13.2 Å². The van der Waals surface area contributed by atoms with Crippen LogP contribution in [0.5, 0.6) is 5.75 Å². The van der Waals surface area contributed by atoms with Crippen molar-refractivity contribution in [3.63, 3.8) is 0 Å². The summed E-state index contributed by atoms with van der Waals surface area (Å²) in [4.78, 5) is 0. The first-order valence-electron chi connectivity index (χ1n) is 4.47. The monoisotopic (exact) mass is 253 g/mol. The summed E-state index contributed by atoms with van der Waals surface area (Å²) in [6.07, 6.45) is -4.44. The lowest BCUT2D eigenvalue weighted by Gasteiger charge is -2.16. The van der Waals surface area contributed by atoms with E-state index in [1.165, 1.54) is 7.11 Å². The van der Waals surface area contributed by atoms with E-state index in [0.29, 0.717) is 0 Å². The molecule has 0 saturated heterocycles. The molecule has 1 atom stereocenters. The third-order valence-corrected chi connectivity index (χ3v) is 2.38. The van der Waals surface area contributed by atoms with Gasteiger partial charge in [-0.25, -0.2) is 0 Å². The van der Waals surface area contributed by atoms with Gasteiger partial charge in [0, 0.05) is 11.6 Å². The highest BCUT2D eigenvalue weighted by atomic mass is 35.5. The van der Waals surface area contributed by atoms with Gasteiger partial charge in [-0.15, -0.1) is 0 Å². The van der Waals surface area contributed by atoms with Gasteiger partial charge in [0.2, 0.25) is 0 Å². The number of halogens is 4. The Balaban J connectivity index is 3.40. The number of ether oxygens (including phenoxy) is 1. The minimum Gasteiger partial charge on any atom is -0.495 e. The number of alkyl halides is 3. The molecule has 0 aliphatic heterocycles. The van der Waals surface area contributed by atoms with Crippen LogP contribution in [0, 0.1) is 0 Å². The molecule has 90 valence electrons. The first kappa shape index (κ1) is 13.1. The third kappa shape index (κ3) is 2.59. The molecule has 0 fully saturated rings. The number of hydrogen-bond donors (Lipinski definition) is 1. The van der Waals surface area contributed by atoms with E-state index in [2.05, 4.69) is 0 Å². The molecule has 0 aliphatic carbocycles. The molecule has 0 aromatic heterocycles. The van der Waals surface area contributed by atoms with Crippen molar-refractivity contribution in [2.45, 2.75) is 19.1 Å². The molecule has 1 aromatic carbocycles. The zero-order valence-electron chi connectivity index (χ0n) is 8.73. The molecule has 2 N–H and O–H groups in total. The number of methoxy groups -OCH3 is 1. The topological polar surface area (TPSA) is 35.2 Å². The Hall–Kier alpha value is -0.940. The SMILES string of the molecule is COc1c(Cl)cc(C(F)(F)F)cc1C(C)N. The molecular formula is C10H11ClF3NO. The molecule has 0 heterocycles. The van der Waals surface area contributed by atoms with Crippen molar-refractivity contribution in [3.05, 3.63) is 28.3 Å². The molecule has 0 aliphatic rings. The van der Waals surface area contributed by atoms with Crippen molar-refractivity contribution in [1.29, 1.82) is 0 Å². The summed E-state index contributed by atoms with van der Waals surface area (Å²) in [7, 11) is 1.33. The third-order valence-electron chi connectivity index (χ3n) is 2.09. The number of rotatable bonds is 2. The predicted molar refractivity (Wildman–Crippen MR) is 55.6 cm³/mol. The van der Waals surface area contributed by atoms with Crippen molar-refractivity contribution in [1.82, 2.24) is 0 Å². The van der Waals surface area contributed by atoms with E-state index in [4.69, 9.17) is 22.1 Å². The van der Waals surface area contributed by atoms with Gasteiger partial charge in [-0.05, 0) is 19.1 Å². The van der Waals surface area contributed by atoms with Crippen molar-refractivity contribution in [3.8, 4) is 5.75 Å². The Labute approximate surface area is 96.1 Å². The van der Waals surface area contributed by atoms with E-state index in [9.17, 15) is 13.2 Å². The summed E-state index contributed by atoms with van der Waals surface area (Å²) in [6, 6.07) is 1.19. The molecule has 16 heavy (non-hydrogen) atoms. The van der Waals surface area contributed by atoms with E-state index >= 15 is 0 Å². The van der Waals surface area contributed by atoms with Gasteiger partial charge in [0.05, 0.1) is 17.7 Å². The van der Waals surface area contributed by atoms with Crippen LogP contribution in [0.1, 0.15) is 24.1 Å². The molecule has 1 aromatic rings. The lowest BCUT2D eigenvalue weighted by Crippen LogP contribution is -2.11. The largest absolute Gasteiger partial charge is 0.495 e. The van der Waals surface area contributed by atoms with E-state index < -0.39 is 17.8 Å². The molecule has 0 amide bonds. The maximum atomic E-state index is 12.5. The van der Waals surface area contributed by atoms with Gasteiger partial charge >= 0.3 is 6.18 Å². The quantitative estimate of drug-likeness (QED) is 0.877. The Morgan fingerprint density at radius 2 is 1.94 bits per heavy atom. The van der Waals surface area contributed by atoms with E-state index in [1.807, 2.05) is 0 Å². The summed E-state index contributed by atoms with van der Waals surface area (Å²) < 4.78 is 42.4. The van der Waals surface area contributed by atoms with Crippen molar-refractivity contribution in [2.24, 2.45) is 5.73 Å². The van der Waals surface area contributed by atoms with Crippen LogP contribution in [0.25, 0.3) is 0 Å². The second kappa shape index (κ2) is 4.51. The normalized spacial score (nSPS) is 13.7. The van der Waals surface area contributed by atoms with Crippen LogP contribution < -0.4 is 10.5 Å². The molecule has 0 radical (unpaired) electrons. The summed E-state index contributed by atoms with van der Waals surface area (Å²) in [6.45, 7) is 1.56. The molecule has 2 nitrogen and oxygen atoms in total. The van der Waals surface area contributed by atoms with Gasteiger partial charge in [0.15, 0.2) is 0 Å². The summed E-state index contributed by atoms with van der Waals surface area (Å²) in [5, 5.41) is -0.0929. The highest BCUT2D eigenvalue weighted by molar-refractivity contribution is 6.32. The minimum absolute atomic E-state index is 0.0929. The number of nitrogens with two attached hydrogens (primary N) is 1. The van der Waals surface area contributed by atoms with Crippen LogP contribution in [-0.2, 0) is 6.18 Å². The van der Waals surface area contributed by atoms with Gasteiger partial charge in [0.1, 0.15) is 5.75 Å². The van der Waals surface area contributed by atoms with Gasteiger partial charge < -0.3 is 10.5 Å². The molecule has 0 spiro atoms. The number of benzene rings is 1. The van der Waals surface area contributed by atoms with Crippen LogP contribution in [0.4, 0.5) is 13.2 Å². The average molecular weight is 254 g/mol. The zero-order valence-corrected chi connectivity index (χ0v) is 9.49. The lowest BCUT2D eigenvalue weighted by molar-refractivity contribution is -0.137. The summed E-state index contributed by atoms with van der Waals surface area (Å²) >= 11 is 5.70. The smallest absolute Gasteiger partial charge is 0.416 e. The molecular weight excluding hydrogens is 243 g/mol. The van der Waals surface area contributed by atoms with Crippen molar-refractivity contribution >= 4 is 11.6 Å². The fraction of sp³-hybridized carbons (Fsp3) is 0.400. The second-order valence-corrected chi connectivity index (χ2v) is 3.77. The highest BCUT2D eigenvalue weighted by Gasteiger charge is 2.32. The number of hydrogen-bond acceptors (Lipinski definition) is 2. The second-order valence-electron chi connectivity index (χ2n) is 3.37. The zero-order chi connectivity index (χ0) is 12.5. The first-order valence-corrected chi connectivity index (χ1v) is 4.85.